The van der Waals surface area contributed by atoms with Gasteiger partial charge in [0.2, 0.25) is 0 Å². The molecule has 24 heavy (non-hydrogen) atoms. The molecular weight excluding hydrogens is 300 g/mol. The van der Waals surface area contributed by atoms with E-state index in [4.69, 9.17) is 0 Å². The molecule has 0 aromatic heterocycles. The summed E-state index contributed by atoms with van der Waals surface area (Å²) in [6.45, 7) is 6.59. The summed E-state index contributed by atoms with van der Waals surface area (Å²) in [5.41, 5.74) is -0.272. The molecule has 3 nitrogen and oxygen atoms in total. The molecule has 4 rings (SSSR count). The quantitative estimate of drug-likeness (QED) is 0.719. The molecule has 4 aliphatic carbocycles. The predicted octanol–water partition coefficient (Wildman–Crippen LogP) is 3.77. The van der Waals surface area contributed by atoms with Gasteiger partial charge in [-0.05, 0) is 56.8 Å². The number of hydrogen-bond donors (Lipinski definition) is 2. The minimum absolute atomic E-state index is 0.0355. The topological polar surface area (TPSA) is 57.5 Å². The van der Waals surface area contributed by atoms with Crippen molar-refractivity contribution in [1.29, 1.82) is 0 Å². The van der Waals surface area contributed by atoms with Gasteiger partial charge in [0.25, 0.3) is 0 Å². The molecule has 0 amide bonds. The van der Waals surface area contributed by atoms with Crippen molar-refractivity contribution in [3.05, 3.63) is 11.6 Å². The molecule has 134 valence electrons. The van der Waals surface area contributed by atoms with Gasteiger partial charge in [0.1, 0.15) is 5.78 Å². The highest BCUT2D eigenvalue weighted by Gasteiger charge is 2.64. The largest absolute Gasteiger partial charge is 0.389 e. The summed E-state index contributed by atoms with van der Waals surface area (Å²) in [7, 11) is 0. The summed E-state index contributed by atoms with van der Waals surface area (Å²) in [5.74, 6) is 1.21. The van der Waals surface area contributed by atoms with Gasteiger partial charge in [-0.15, -0.1) is 0 Å². The lowest BCUT2D eigenvalue weighted by Gasteiger charge is -2.60. The van der Waals surface area contributed by atoms with E-state index in [1.807, 2.05) is 0 Å². The zero-order valence-electron chi connectivity index (χ0n) is 15.4. The second kappa shape index (κ2) is 4.94. The van der Waals surface area contributed by atoms with Crippen LogP contribution in [-0.4, -0.2) is 27.2 Å². The standard InChI is InChI=1S/C21H32O3/c1-4-20(23)12-8-17-15-6-11-21(24)13-14(22)5-9-19(21,3)16(15)7-10-18(17,20)2/h7,15,17,23-24H,4-6,8-13H2,1-3H3/t15-,17+,18+,19-,20-,21?/m1/s1. The molecular formula is C21H32O3. The van der Waals surface area contributed by atoms with Gasteiger partial charge < -0.3 is 10.2 Å². The van der Waals surface area contributed by atoms with E-state index in [9.17, 15) is 15.0 Å². The van der Waals surface area contributed by atoms with Crippen molar-refractivity contribution in [3.63, 3.8) is 0 Å². The number of ketones is 1. The Morgan fingerprint density at radius 2 is 1.92 bits per heavy atom. The molecule has 0 saturated heterocycles. The van der Waals surface area contributed by atoms with E-state index in [-0.39, 0.29) is 16.6 Å². The predicted molar refractivity (Wildman–Crippen MR) is 93.4 cm³/mol. The summed E-state index contributed by atoms with van der Waals surface area (Å²) in [5, 5.41) is 22.5. The molecule has 0 bridgehead atoms. The van der Waals surface area contributed by atoms with Gasteiger partial charge in [-0.25, -0.2) is 0 Å². The number of aliphatic hydroxyl groups is 2. The highest BCUT2D eigenvalue weighted by Crippen LogP contribution is 2.67. The van der Waals surface area contributed by atoms with Crippen LogP contribution in [0.2, 0.25) is 0 Å². The molecule has 0 radical (unpaired) electrons. The second-order valence-electron chi connectivity index (χ2n) is 9.54. The third-order valence-corrected chi connectivity index (χ3v) is 8.89. The van der Waals surface area contributed by atoms with Crippen molar-refractivity contribution in [3.8, 4) is 0 Å². The van der Waals surface area contributed by atoms with Gasteiger partial charge in [0.15, 0.2) is 0 Å². The third-order valence-electron chi connectivity index (χ3n) is 8.89. The first-order valence-electron chi connectivity index (χ1n) is 9.86. The highest BCUT2D eigenvalue weighted by atomic mass is 16.3. The maximum Gasteiger partial charge on any atom is 0.135 e. The fraction of sp³-hybridized carbons (Fsp3) is 0.857. The lowest BCUT2D eigenvalue weighted by atomic mass is 9.47. The van der Waals surface area contributed by atoms with Crippen LogP contribution >= 0.6 is 0 Å². The van der Waals surface area contributed by atoms with Crippen molar-refractivity contribution in [2.75, 3.05) is 0 Å². The number of fused-ring (bicyclic) bond motifs is 5. The maximum absolute atomic E-state index is 12.0. The molecule has 4 aliphatic rings. The van der Waals surface area contributed by atoms with Gasteiger partial charge in [0, 0.05) is 23.7 Å². The number of hydrogen-bond acceptors (Lipinski definition) is 3. The first kappa shape index (κ1) is 16.8. The Kier molecular flexibility index (Phi) is 3.46. The van der Waals surface area contributed by atoms with Crippen molar-refractivity contribution < 1.29 is 15.0 Å². The Hall–Kier alpha value is -0.670. The zero-order chi connectivity index (χ0) is 17.4. The van der Waals surface area contributed by atoms with Crippen LogP contribution in [0.1, 0.15) is 78.6 Å². The lowest BCUT2D eigenvalue weighted by molar-refractivity contribution is -0.153. The Morgan fingerprint density at radius 3 is 2.62 bits per heavy atom. The average molecular weight is 332 g/mol. The molecule has 3 heteroatoms. The van der Waals surface area contributed by atoms with Crippen LogP contribution in [0.4, 0.5) is 0 Å². The molecule has 0 aliphatic heterocycles. The smallest absolute Gasteiger partial charge is 0.135 e. The summed E-state index contributed by atoms with van der Waals surface area (Å²) >= 11 is 0. The summed E-state index contributed by atoms with van der Waals surface area (Å²) in [4.78, 5) is 12.0. The average Bonchev–Trinajstić information content (AvgIpc) is 2.81. The molecule has 0 heterocycles. The van der Waals surface area contributed by atoms with Crippen LogP contribution in [0, 0.1) is 22.7 Å². The molecule has 2 N–H and O–H groups in total. The Labute approximate surface area is 145 Å². The molecule has 0 aromatic carbocycles. The monoisotopic (exact) mass is 332 g/mol. The third kappa shape index (κ3) is 1.83. The summed E-state index contributed by atoms with van der Waals surface area (Å²) < 4.78 is 0. The van der Waals surface area contributed by atoms with Crippen molar-refractivity contribution in [2.45, 2.75) is 89.8 Å². The van der Waals surface area contributed by atoms with Crippen molar-refractivity contribution in [2.24, 2.45) is 22.7 Å². The Balaban J connectivity index is 1.75. The van der Waals surface area contributed by atoms with Crippen LogP contribution in [0.15, 0.2) is 11.6 Å². The maximum atomic E-state index is 12.0. The molecule has 1 unspecified atom stereocenters. The van der Waals surface area contributed by atoms with Gasteiger partial charge in [-0.3, -0.25) is 4.79 Å². The van der Waals surface area contributed by atoms with Gasteiger partial charge in [-0.2, -0.15) is 0 Å². The summed E-state index contributed by atoms with van der Waals surface area (Å²) in [6, 6.07) is 0. The van der Waals surface area contributed by atoms with E-state index >= 15 is 0 Å². The van der Waals surface area contributed by atoms with Crippen molar-refractivity contribution >= 4 is 5.78 Å². The van der Waals surface area contributed by atoms with Gasteiger partial charge in [0.05, 0.1) is 11.2 Å². The van der Waals surface area contributed by atoms with E-state index in [2.05, 4.69) is 26.8 Å². The lowest BCUT2D eigenvalue weighted by Crippen LogP contribution is -2.59. The van der Waals surface area contributed by atoms with Crippen LogP contribution in [-0.2, 0) is 4.79 Å². The van der Waals surface area contributed by atoms with Gasteiger partial charge >= 0.3 is 0 Å². The first-order valence-corrected chi connectivity index (χ1v) is 9.86. The number of carbonyl (C=O) groups is 1. The van der Waals surface area contributed by atoms with E-state index < -0.39 is 11.2 Å². The fourth-order valence-corrected chi connectivity index (χ4v) is 7.00. The molecule has 3 saturated carbocycles. The SMILES string of the molecule is CC[C@@]1(O)CC[C@H]2[C@@H]3CCC4(O)CC(=O)CC[C@]4(C)C3=CC[C@@]21C. The first-order chi connectivity index (χ1) is 11.2. The summed E-state index contributed by atoms with van der Waals surface area (Å²) in [6.07, 6.45) is 9.49. The molecule has 0 spiro atoms. The normalized spacial score (nSPS) is 53.9. The van der Waals surface area contributed by atoms with Crippen LogP contribution in [0.25, 0.3) is 0 Å². The van der Waals surface area contributed by atoms with Crippen LogP contribution in [0.3, 0.4) is 0 Å². The molecule has 6 atom stereocenters. The highest BCUT2D eigenvalue weighted by molar-refractivity contribution is 5.81. The van der Waals surface area contributed by atoms with E-state index in [0.717, 1.165) is 44.9 Å². The minimum atomic E-state index is -0.849. The van der Waals surface area contributed by atoms with Crippen LogP contribution < -0.4 is 0 Å². The van der Waals surface area contributed by atoms with E-state index in [0.29, 0.717) is 24.7 Å². The number of carbonyl (C=O) groups excluding carboxylic acids is 1. The molecule has 3 fully saturated rings. The minimum Gasteiger partial charge on any atom is -0.389 e. The van der Waals surface area contributed by atoms with E-state index in [1.54, 1.807) is 0 Å². The Bertz CT molecular complexity index is 610. The van der Waals surface area contributed by atoms with Crippen LogP contribution in [0.5, 0.6) is 0 Å². The number of allylic oxidation sites excluding steroid dienone is 1. The Morgan fingerprint density at radius 1 is 1.17 bits per heavy atom. The fourth-order valence-electron chi connectivity index (χ4n) is 7.00. The second-order valence-corrected chi connectivity index (χ2v) is 9.54. The number of Topliss-reactive ketones (excluding diaryl/α,β-unsaturated/α-hetero) is 1. The number of rotatable bonds is 1. The molecule has 0 aromatic rings. The van der Waals surface area contributed by atoms with Crippen molar-refractivity contribution in [1.82, 2.24) is 0 Å². The van der Waals surface area contributed by atoms with Gasteiger partial charge in [-0.1, -0.05) is 32.4 Å². The van der Waals surface area contributed by atoms with E-state index in [1.165, 1.54) is 5.57 Å². The zero-order valence-corrected chi connectivity index (χ0v) is 15.4.